The van der Waals surface area contributed by atoms with E-state index in [2.05, 4.69) is 4.74 Å². The van der Waals surface area contributed by atoms with Crippen molar-refractivity contribution in [3.8, 4) is 5.75 Å². The fourth-order valence-corrected chi connectivity index (χ4v) is 0.962. The average Bonchev–Trinajstić information content (AvgIpc) is 2.13. The summed E-state index contributed by atoms with van der Waals surface area (Å²) in [5.74, 6) is -2.01. The molecule has 80 valence electrons. The second kappa shape index (κ2) is 4.76. The normalized spacial score (nSPS) is 9.80. The molecular weight excluding hydrogens is 206 g/mol. The van der Waals surface area contributed by atoms with Crippen molar-refractivity contribution in [3.63, 3.8) is 0 Å². The van der Waals surface area contributed by atoms with Gasteiger partial charge >= 0.3 is 13.1 Å². The molecule has 0 saturated heterocycles. The van der Waals surface area contributed by atoms with Crippen molar-refractivity contribution in [1.29, 1.82) is 0 Å². The Morgan fingerprint density at radius 2 is 2.07 bits per heavy atom. The van der Waals surface area contributed by atoms with Crippen LogP contribution < -0.4 is 10.2 Å². The number of hydrogen-bond donors (Lipinski definition) is 3. The molecule has 5 nitrogen and oxygen atoms in total. The third kappa shape index (κ3) is 3.57. The maximum Gasteiger partial charge on any atom is 0.488 e. The first-order valence-electron chi connectivity index (χ1n) is 4.00. The molecule has 0 aliphatic carbocycles. The number of carboxylic acid groups (broad SMARTS) is 1. The van der Waals surface area contributed by atoms with Crippen molar-refractivity contribution < 1.29 is 29.1 Å². The summed E-state index contributed by atoms with van der Waals surface area (Å²) in [5, 5.41) is 25.8. The lowest BCUT2D eigenvalue weighted by molar-refractivity contribution is -0.139. The number of carboxylic acids is 1. The lowest BCUT2D eigenvalue weighted by Crippen LogP contribution is -2.30. The Hall–Kier alpha value is -1.60. The molecular formula is C8H8BFO5. The standard InChI is InChI=1S/C8H8BFO5/c10-6-1-5(9(13)14)2-7(3-6)15-4-8(11)12/h1-3,13-14H,4H2,(H,11,12). The molecule has 1 rings (SSSR count). The van der Waals surface area contributed by atoms with Gasteiger partial charge in [-0.05, 0) is 17.6 Å². The summed E-state index contributed by atoms with van der Waals surface area (Å²) in [7, 11) is -1.83. The van der Waals surface area contributed by atoms with Gasteiger partial charge in [0, 0.05) is 6.07 Å². The van der Waals surface area contributed by atoms with Gasteiger partial charge in [-0.25, -0.2) is 9.18 Å². The highest BCUT2D eigenvalue weighted by Crippen LogP contribution is 2.10. The minimum Gasteiger partial charge on any atom is -0.482 e. The zero-order valence-corrected chi connectivity index (χ0v) is 7.55. The van der Waals surface area contributed by atoms with Gasteiger partial charge in [0.15, 0.2) is 6.61 Å². The minimum absolute atomic E-state index is 0.0690. The van der Waals surface area contributed by atoms with Crippen LogP contribution in [-0.4, -0.2) is 34.8 Å². The van der Waals surface area contributed by atoms with E-state index in [1.807, 2.05) is 0 Å². The Labute approximate surface area is 84.9 Å². The Bertz CT molecular complexity index is 368. The number of carbonyl (C=O) groups is 1. The molecule has 0 bridgehead atoms. The summed E-state index contributed by atoms with van der Waals surface area (Å²) in [6, 6.07) is 3.02. The van der Waals surface area contributed by atoms with Crippen LogP contribution in [-0.2, 0) is 4.79 Å². The van der Waals surface area contributed by atoms with Gasteiger partial charge in [0.25, 0.3) is 0 Å². The first-order chi connectivity index (χ1) is 6.99. The Balaban J connectivity index is 2.84. The molecule has 1 aromatic rings. The zero-order valence-electron chi connectivity index (χ0n) is 7.55. The SMILES string of the molecule is O=C(O)COc1cc(F)cc(B(O)O)c1. The number of rotatable bonds is 4. The summed E-state index contributed by atoms with van der Waals surface area (Å²) in [5.41, 5.74) is -0.101. The van der Waals surface area contributed by atoms with Crippen LogP contribution in [0.4, 0.5) is 4.39 Å². The van der Waals surface area contributed by atoms with E-state index in [0.717, 1.165) is 18.2 Å². The molecule has 0 fully saturated rings. The summed E-state index contributed by atoms with van der Waals surface area (Å²) in [6.07, 6.45) is 0. The van der Waals surface area contributed by atoms with Gasteiger partial charge in [-0.3, -0.25) is 0 Å². The molecule has 7 heteroatoms. The van der Waals surface area contributed by atoms with E-state index in [9.17, 15) is 9.18 Å². The van der Waals surface area contributed by atoms with Gasteiger partial charge < -0.3 is 19.9 Å². The van der Waals surface area contributed by atoms with Gasteiger partial charge in [0.05, 0.1) is 0 Å². The summed E-state index contributed by atoms with van der Waals surface area (Å²) < 4.78 is 17.5. The predicted octanol–water partition coefficient (Wildman–Crippen LogP) is -1.03. The van der Waals surface area contributed by atoms with E-state index in [1.165, 1.54) is 0 Å². The summed E-state index contributed by atoms with van der Waals surface area (Å²) >= 11 is 0. The summed E-state index contributed by atoms with van der Waals surface area (Å²) in [4.78, 5) is 10.2. The van der Waals surface area contributed by atoms with E-state index in [1.54, 1.807) is 0 Å². The molecule has 0 unspecified atom stereocenters. The second-order valence-electron chi connectivity index (χ2n) is 2.78. The smallest absolute Gasteiger partial charge is 0.482 e. The Morgan fingerprint density at radius 1 is 1.40 bits per heavy atom. The highest BCUT2D eigenvalue weighted by Gasteiger charge is 2.14. The molecule has 0 saturated carbocycles. The lowest BCUT2D eigenvalue weighted by atomic mass is 9.80. The van der Waals surface area contributed by atoms with E-state index < -0.39 is 25.5 Å². The molecule has 0 aliphatic heterocycles. The first-order valence-corrected chi connectivity index (χ1v) is 4.00. The van der Waals surface area contributed by atoms with Crippen molar-refractivity contribution in [2.45, 2.75) is 0 Å². The molecule has 0 aliphatic rings. The fourth-order valence-electron chi connectivity index (χ4n) is 0.962. The van der Waals surface area contributed by atoms with E-state index in [4.69, 9.17) is 15.2 Å². The van der Waals surface area contributed by atoms with Gasteiger partial charge in [0.1, 0.15) is 11.6 Å². The predicted molar refractivity (Wildman–Crippen MR) is 49.4 cm³/mol. The molecule has 0 atom stereocenters. The Morgan fingerprint density at radius 3 is 2.60 bits per heavy atom. The third-order valence-electron chi connectivity index (χ3n) is 1.55. The molecule has 0 radical (unpaired) electrons. The number of benzene rings is 1. The van der Waals surface area contributed by atoms with Gasteiger partial charge in [-0.2, -0.15) is 0 Å². The zero-order chi connectivity index (χ0) is 11.4. The largest absolute Gasteiger partial charge is 0.488 e. The van der Waals surface area contributed by atoms with Crippen LogP contribution in [0.5, 0.6) is 5.75 Å². The average molecular weight is 214 g/mol. The quantitative estimate of drug-likeness (QED) is 0.557. The second-order valence-corrected chi connectivity index (χ2v) is 2.78. The van der Waals surface area contributed by atoms with Crippen LogP contribution in [0, 0.1) is 5.82 Å². The van der Waals surface area contributed by atoms with Gasteiger partial charge in [-0.1, -0.05) is 0 Å². The van der Waals surface area contributed by atoms with Crippen molar-refractivity contribution in [1.82, 2.24) is 0 Å². The topological polar surface area (TPSA) is 87.0 Å². The maximum absolute atomic E-state index is 12.9. The number of hydrogen-bond acceptors (Lipinski definition) is 4. The molecule has 0 spiro atoms. The molecule has 0 heterocycles. The number of aliphatic carboxylic acids is 1. The van der Waals surface area contributed by atoms with Crippen molar-refractivity contribution in [2.75, 3.05) is 6.61 Å². The van der Waals surface area contributed by atoms with E-state index in [0.29, 0.717) is 0 Å². The monoisotopic (exact) mass is 214 g/mol. The lowest BCUT2D eigenvalue weighted by Gasteiger charge is -2.06. The highest BCUT2D eigenvalue weighted by atomic mass is 19.1. The third-order valence-corrected chi connectivity index (χ3v) is 1.55. The molecule has 0 aromatic heterocycles. The van der Waals surface area contributed by atoms with Crippen molar-refractivity contribution in [3.05, 3.63) is 24.0 Å². The van der Waals surface area contributed by atoms with Gasteiger partial charge in [0.2, 0.25) is 0 Å². The minimum atomic E-state index is -1.83. The molecule has 0 amide bonds. The number of ether oxygens (including phenoxy) is 1. The van der Waals surface area contributed by atoms with Crippen LogP contribution in [0.2, 0.25) is 0 Å². The first kappa shape index (κ1) is 11.5. The van der Waals surface area contributed by atoms with Crippen LogP contribution in [0.15, 0.2) is 18.2 Å². The van der Waals surface area contributed by atoms with Crippen LogP contribution in [0.3, 0.4) is 0 Å². The molecule has 3 N–H and O–H groups in total. The fraction of sp³-hybridized carbons (Fsp3) is 0.125. The van der Waals surface area contributed by atoms with Gasteiger partial charge in [-0.15, -0.1) is 0 Å². The highest BCUT2D eigenvalue weighted by molar-refractivity contribution is 6.58. The summed E-state index contributed by atoms with van der Waals surface area (Å²) in [6.45, 7) is -0.621. The molecule has 1 aromatic carbocycles. The van der Waals surface area contributed by atoms with E-state index >= 15 is 0 Å². The molecule has 15 heavy (non-hydrogen) atoms. The Kier molecular flexibility index (Phi) is 3.65. The maximum atomic E-state index is 12.9. The van der Waals surface area contributed by atoms with E-state index in [-0.39, 0.29) is 11.2 Å². The van der Waals surface area contributed by atoms with Crippen LogP contribution in [0.25, 0.3) is 0 Å². The number of halogens is 1. The van der Waals surface area contributed by atoms with Crippen molar-refractivity contribution in [2.24, 2.45) is 0 Å². The van der Waals surface area contributed by atoms with Crippen LogP contribution >= 0.6 is 0 Å². The van der Waals surface area contributed by atoms with Crippen LogP contribution in [0.1, 0.15) is 0 Å². The van der Waals surface area contributed by atoms with Crippen molar-refractivity contribution >= 4 is 18.6 Å².